The fourth-order valence-corrected chi connectivity index (χ4v) is 4.20. The van der Waals surface area contributed by atoms with Gasteiger partial charge in [0.05, 0.1) is 13.7 Å². The van der Waals surface area contributed by atoms with Crippen LogP contribution in [0.3, 0.4) is 0 Å². The van der Waals surface area contributed by atoms with Gasteiger partial charge in [-0.3, -0.25) is 0 Å². The Labute approximate surface area is 163 Å². The summed E-state index contributed by atoms with van der Waals surface area (Å²) in [6, 6.07) is 10.9. The fraction of sp³-hybridized carbons (Fsp3) is 0.350. The molecule has 0 fully saturated rings. The lowest BCUT2D eigenvalue weighted by atomic mass is 9.74. The minimum absolute atomic E-state index is 0.0765. The quantitative estimate of drug-likeness (QED) is 0.731. The summed E-state index contributed by atoms with van der Waals surface area (Å²) in [5, 5.41) is 4.35. The van der Waals surface area contributed by atoms with Crippen LogP contribution >= 0.6 is 23.2 Å². The Kier molecular flexibility index (Phi) is 5.64. The molecule has 1 N–H and O–H groups in total. The van der Waals surface area contributed by atoms with Crippen molar-refractivity contribution in [2.75, 3.05) is 19.0 Å². The van der Waals surface area contributed by atoms with Gasteiger partial charge in [-0.2, -0.15) is 0 Å². The van der Waals surface area contributed by atoms with E-state index in [2.05, 4.69) is 5.32 Å². The zero-order valence-electron chi connectivity index (χ0n) is 14.9. The highest BCUT2D eigenvalue weighted by Crippen LogP contribution is 2.47. The van der Waals surface area contributed by atoms with Gasteiger partial charge in [0, 0.05) is 27.2 Å². The van der Waals surface area contributed by atoms with Gasteiger partial charge >= 0.3 is 5.97 Å². The Balaban J connectivity index is 2.15. The average Bonchev–Trinajstić information content (AvgIpc) is 2.61. The standard InChI is InChI=1S/C20H21Cl2NO3/c1-4-26-20(24)19-11(2)17(12-6-5-7-14(8-12)25-3)18-15(22)9-13(21)10-16(18)23-19/h5-11,17,19,23H,4H2,1-3H3. The van der Waals surface area contributed by atoms with Gasteiger partial charge in [-0.05, 0) is 42.7 Å². The Hall–Kier alpha value is -1.91. The van der Waals surface area contributed by atoms with Gasteiger partial charge in [0.2, 0.25) is 0 Å². The van der Waals surface area contributed by atoms with Gasteiger partial charge < -0.3 is 14.8 Å². The largest absolute Gasteiger partial charge is 0.497 e. The van der Waals surface area contributed by atoms with E-state index < -0.39 is 6.04 Å². The summed E-state index contributed by atoms with van der Waals surface area (Å²) in [5.74, 6) is 0.301. The summed E-state index contributed by atoms with van der Waals surface area (Å²) < 4.78 is 10.6. The second-order valence-corrected chi connectivity index (χ2v) is 7.18. The summed E-state index contributed by atoms with van der Waals surface area (Å²) in [4.78, 5) is 12.5. The molecule has 0 aromatic heterocycles. The van der Waals surface area contributed by atoms with E-state index in [9.17, 15) is 4.79 Å². The lowest BCUT2D eigenvalue weighted by Crippen LogP contribution is -2.43. The van der Waals surface area contributed by atoms with E-state index in [-0.39, 0.29) is 17.8 Å². The molecular formula is C20H21Cl2NO3. The predicted molar refractivity (Wildman–Crippen MR) is 105 cm³/mol. The number of methoxy groups -OCH3 is 1. The molecule has 4 nitrogen and oxygen atoms in total. The second kappa shape index (κ2) is 7.77. The highest BCUT2D eigenvalue weighted by atomic mass is 35.5. The van der Waals surface area contributed by atoms with Gasteiger partial charge in [0.15, 0.2) is 0 Å². The Morgan fingerprint density at radius 2 is 2.00 bits per heavy atom. The molecule has 6 heteroatoms. The number of carbonyl (C=O) groups excluding carboxylic acids is 1. The average molecular weight is 394 g/mol. The van der Waals surface area contributed by atoms with Crippen molar-refractivity contribution >= 4 is 34.9 Å². The number of carbonyl (C=O) groups is 1. The Bertz CT molecular complexity index is 825. The molecule has 1 aliphatic heterocycles. The number of esters is 1. The van der Waals surface area contributed by atoms with Crippen LogP contribution < -0.4 is 10.1 Å². The third-order valence-corrected chi connectivity index (χ3v) is 5.29. The first-order chi connectivity index (χ1) is 12.5. The van der Waals surface area contributed by atoms with E-state index in [0.29, 0.717) is 16.7 Å². The first-order valence-electron chi connectivity index (χ1n) is 8.52. The van der Waals surface area contributed by atoms with Crippen molar-refractivity contribution in [2.24, 2.45) is 5.92 Å². The molecule has 0 saturated carbocycles. The number of ether oxygens (including phenoxy) is 2. The first-order valence-corrected chi connectivity index (χ1v) is 9.28. The summed E-state index contributed by atoms with van der Waals surface area (Å²) in [7, 11) is 1.63. The van der Waals surface area contributed by atoms with Crippen LogP contribution in [0, 0.1) is 5.92 Å². The molecule has 1 aliphatic rings. The van der Waals surface area contributed by atoms with Crippen molar-refractivity contribution in [1.29, 1.82) is 0 Å². The van der Waals surface area contributed by atoms with Gasteiger partial charge in [-0.1, -0.05) is 42.3 Å². The molecule has 2 aromatic carbocycles. The molecule has 138 valence electrons. The minimum Gasteiger partial charge on any atom is -0.497 e. The maximum Gasteiger partial charge on any atom is 0.328 e. The fourth-order valence-electron chi connectivity index (χ4n) is 3.59. The molecular weight excluding hydrogens is 373 g/mol. The molecule has 0 aliphatic carbocycles. The van der Waals surface area contributed by atoms with Crippen molar-refractivity contribution in [1.82, 2.24) is 0 Å². The lowest BCUT2D eigenvalue weighted by molar-refractivity contribution is -0.145. The Morgan fingerprint density at radius 1 is 1.23 bits per heavy atom. The van der Waals surface area contributed by atoms with Crippen molar-refractivity contribution in [3.63, 3.8) is 0 Å². The van der Waals surface area contributed by atoms with Gasteiger partial charge in [-0.15, -0.1) is 0 Å². The molecule has 0 bridgehead atoms. The van der Waals surface area contributed by atoms with Crippen molar-refractivity contribution < 1.29 is 14.3 Å². The number of fused-ring (bicyclic) bond motifs is 1. The summed E-state index contributed by atoms with van der Waals surface area (Å²) in [6.45, 7) is 4.15. The van der Waals surface area contributed by atoms with Crippen LogP contribution in [0.25, 0.3) is 0 Å². The topological polar surface area (TPSA) is 47.6 Å². The number of halogens is 2. The SMILES string of the molecule is CCOC(=O)C1Nc2cc(Cl)cc(Cl)c2C(c2cccc(OC)c2)C1C. The summed E-state index contributed by atoms with van der Waals surface area (Å²) in [5.41, 5.74) is 2.71. The number of hydrogen-bond acceptors (Lipinski definition) is 4. The molecule has 3 rings (SSSR count). The van der Waals surface area contributed by atoms with E-state index >= 15 is 0 Å². The summed E-state index contributed by atoms with van der Waals surface area (Å²) in [6.07, 6.45) is 0. The van der Waals surface area contributed by atoms with Crippen molar-refractivity contribution in [3.8, 4) is 5.75 Å². The van der Waals surface area contributed by atoms with E-state index in [1.54, 1.807) is 26.2 Å². The molecule has 2 aromatic rings. The number of rotatable bonds is 4. The van der Waals surface area contributed by atoms with Gasteiger partial charge in [-0.25, -0.2) is 4.79 Å². The molecule has 1 heterocycles. The third-order valence-electron chi connectivity index (χ3n) is 4.76. The van der Waals surface area contributed by atoms with Crippen molar-refractivity contribution in [2.45, 2.75) is 25.8 Å². The van der Waals surface area contributed by atoms with Gasteiger partial charge in [0.1, 0.15) is 11.8 Å². The van der Waals surface area contributed by atoms with E-state index in [1.165, 1.54) is 0 Å². The minimum atomic E-state index is -0.492. The molecule has 26 heavy (non-hydrogen) atoms. The number of nitrogens with one attached hydrogen (secondary N) is 1. The van der Waals surface area contributed by atoms with Crippen LogP contribution in [0.15, 0.2) is 36.4 Å². The molecule has 3 unspecified atom stereocenters. The van der Waals surface area contributed by atoms with Crippen LogP contribution in [0.1, 0.15) is 30.9 Å². The maximum atomic E-state index is 12.5. The van der Waals surface area contributed by atoms with Crippen LogP contribution in [0.5, 0.6) is 5.75 Å². The zero-order valence-corrected chi connectivity index (χ0v) is 16.4. The molecule has 3 atom stereocenters. The molecule has 0 saturated heterocycles. The lowest BCUT2D eigenvalue weighted by Gasteiger charge is -2.38. The number of hydrogen-bond donors (Lipinski definition) is 1. The third kappa shape index (κ3) is 3.49. The predicted octanol–water partition coefficient (Wildman–Crippen LogP) is 5.13. The molecule has 0 spiro atoms. The van der Waals surface area contributed by atoms with Crippen molar-refractivity contribution in [3.05, 3.63) is 57.6 Å². The number of anilines is 1. The first kappa shape index (κ1) is 18.9. The highest BCUT2D eigenvalue weighted by Gasteiger charge is 2.40. The van der Waals surface area contributed by atoms with E-state index in [0.717, 1.165) is 22.6 Å². The Morgan fingerprint density at radius 3 is 2.69 bits per heavy atom. The van der Waals surface area contributed by atoms with Gasteiger partial charge in [0.25, 0.3) is 0 Å². The second-order valence-electron chi connectivity index (χ2n) is 6.34. The highest BCUT2D eigenvalue weighted by molar-refractivity contribution is 6.35. The summed E-state index contributed by atoms with van der Waals surface area (Å²) >= 11 is 12.7. The van der Waals surface area contributed by atoms with Crippen LogP contribution in [-0.4, -0.2) is 25.7 Å². The normalized spacial score (nSPS) is 21.5. The van der Waals surface area contributed by atoms with Crippen LogP contribution in [0.4, 0.5) is 5.69 Å². The number of benzene rings is 2. The van der Waals surface area contributed by atoms with Crippen LogP contribution in [0.2, 0.25) is 10.0 Å². The maximum absolute atomic E-state index is 12.5. The van der Waals surface area contributed by atoms with E-state index in [4.69, 9.17) is 32.7 Å². The van der Waals surface area contributed by atoms with E-state index in [1.807, 2.05) is 31.2 Å². The zero-order chi connectivity index (χ0) is 18.8. The smallest absolute Gasteiger partial charge is 0.328 e. The molecule has 0 amide bonds. The monoisotopic (exact) mass is 393 g/mol. The van der Waals surface area contributed by atoms with Crippen LogP contribution in [-0.2, 0) is 9.53 Å². The molecule has 0 radical (unpaired) electrons.